The number of hydrogen-bond donors (Lipinski definition) is 0. The van der Waals surface area contributed by atoms with Gasteiger partial charge in [0.15, 0.2) is 0 Å². The highest BCUT2D eigenvalue weighted by molar-refractivity contribution is 14.2. The lowest BCUT2D eigenvalue weighted by Crippen LogP contribution is -2.44. The Labute approximate surface area is 148 Å². The third kappa shape index (κ3) is 4.29. The number of nitrogens with zero attached hydrogens (tertiary/aromatic N) is 6. The van der Waals surface area contributed by atoms with Gasteiger partial charge in [0, 0.05) is 58.4 Å². The summed E-state index contributed by atoms with van der Waals surface area (Å²) >= 11 is -0.258. The largest absolute Gasteiger partial charge is 0.369 e. The minimum Gasteiger partial charge on any atom is -0.369 e. The molecule has 0 aliphatic carbocycles. The van der Waals surface area contributed by atoms with Gasteiger partial charge in [-0.2, -0.15) is 0 Å². The summed E-state index contributed by atoms with van der Waals surface area (Å²) in [7, 11) is 6.28. The van der Waals surface area contributed by atoms with Gasteiger partial charge in [-0.1, -0.05) is 0 Å². The summed E-state index contributed by atoms with van der Waals surface area (Å²) in [5.41, 5.74) is 2.18. The summed E-state index contributed by atoms with van der Waals surface area (Å²) in [6.07, 6.45) is 4.10. The molecule has 1 saturated heterocycles. The third-order valence-electron chi connectivity index (χ3n) is 3.96. The average Bonchev–Trinajstić information content (AvgIpc) is 2.57. The second-order valence-electron chi connectivity index (χ2n) is 5.79. The van der Waals surface area contributed by atoms with E-state index in [1.54, 1.807) is 0 Å². The number of hydrogen-bond acceptors (Lipinski definition) is 6. The zero-order valence-corrected chi connectivity index (χ0v) is 16.0. The highest BCUT2D eigenvalue weighted by Gasteiger charge is 2.14. The minimum absolute atomic E-state index is 0.258. The van der Waals surface area contributed by atoms with Gasteiger partial charge < -0.3 is 17.8 Å². The van der Waals surface area contributed by atoms with Crippen LogP contribution in [0.15, 0.2) is 46.9 Å². The highest BCUT2D eigenvalue weighted by Crippen LogP contribution is 2.22. The van der Waals surface area contributed by atoms with Crippen LogP contribution in [0.2, 0.25) is 0 Å². The molecule has 1 fully saturated rings. The predicted octanol–water partition coefficient (Wildman–Crippen LogP) is 2.84. The molecule has 124 valence electrons. The number of piperazine rings is 1. The van der Waals surface area contributed by atoms with Crippen LogP contribution < -0.4 is 4.90 Å². The molecule has 0 saturated carbocycles. The molecule has 6 nitrogen and oxygen atoms in total. The van der Waals surface area contributed by atoms with Gasteiger partial charge in [0.05, 0.1) is 26.7 Å². The molecule has 0 radical (unpaired) electrons. The molecule has 23 heavy (non-hydrogen) atoms. The monoisotopic (exact) mass is 426 g/mol. The Balaban J connectivity index is 1.64. The lowest BCUT2D eigenvalue weighted by atomic mass is 10.2. The SMILES string of the molecule is CN1CCN(c2ccc(N=NC3=IN(C)C=CN3C)cc2)CC1. The molecule has 2 aliphatic rings. The van der Waals surface area contributed by atoms with Crippen molar-refractivity contribution in [3.63, 3.8) is 0 Å². The van der Waals surface area contributed by atoms with Gasteiger partial charge in [-0.25, -0.2) is 0 Å². The maximum Gasteiger partial charge on any atom is 0.203 e. The number of halogens is 1. The molecule has 0 N–H and O–H groups in total. The van der Waals surface area contributed by atoms with E-state index in [0.29, 0.717) is 0 Å². The fourth-order valence-corrected chi connectivity index (χ4v) is 4.13. The van der Waals surface area contributed by atoms with E-state index in [4.69, 9.17) is 0 Å². The van der Waals surface area contributed by atoms with Crippen molar-refractivity contribution in [1.82, 2.24) is 12.9 Å². The fraction of sp³-hybridized carbons (Fsp3) is 0.438. The van der Waals surface area contributed by atoms with E-state index in [2.05, 4.69) is 72.6 Å². The second kappa shape index (κ2) is 7.39. The molecule has 0 aromatic heterocycles. The summed E-state index contributed by atoms with van der Waals surface area (Å²) < 4.78 is 3.25. The van der Waals surface area contributed by atoms with Gasteiger partial charge in [0.2, 0.25) is 3.76 Å². The van der Waals surface area contributed by atoms with Crippen LogP contribution in [0.4, 0.5) is 11.4 Å². The zero-order chi connectivity index (χ0) is 16.2. The summed E-state index contributed by atoms with van der Waals surface area (Å²) in [5, 5.41) is 8.84. The standard InChI is InChI=1S/C16H23IN6/c1-20-8-12-23(13-9-20)15-6-4-14(5-7-15)18-19-16-17-22(3)11-10-21(16)2/h4-7,10-11H,8-9,12-13H2,1-3H3. The smallest absolute Gasteiger partial charge is 0.203 e. The minimum atomic E-state index is -0.258. The van der Waals surface area contributed by atoms with Crippen LogP contribution in [0, 0.1) is 0 Å². The Kier molecular flexibility index (Phi) is 5.27. The van der Waals surface area contributed by atoms with E-state index in [-0.39, 0.29) is 21.0 Å². The topological polar surface area (TPSA) is 37.7 Å². The Bertz CT molecular complexity index is 616. The summed E-state index contributed by atoms with van der Waals surface area (Å²) in [6.45, 7) is 4.42. The number of benzene rings is 1. The lowest BCUT2D eigenvalue weighted by Gasteiger charge is -2.34. The Morgan fingerprint density at radius 3 is 2.26 bits per heavy atom. The van der Waals surface area contributed by atoms with Crippen LogP contribution in [0.1, 0.15) is 0 Å². The Morgan fingerprint density at radius 2 is 1.57 bits per heavy atom. The summed E-state index contributed by atoms with van der Waals surface area (Å²) in [4.78, 5) is 6.84. The molecule has 0 spiro atoms. The van der Waals surface area contributed by atoms with Crippen molar-refractivity contribution in [2.45, 2.75) is 0 Å². The van der Waals surface area contributed by atoms with Gasteiger partial charge in [0.25, 0.3) is 0 Å². The average molecular weight is 426 g/mol. The van der Waals surface area contributed by atoms with E-state index in [1.165, 1.54) is 5.69 Å². The van der Waals surface area contributed by atoms with Crippen LogP contribution in [0.3, 0.4) is 0 Å². The van der Waals surface area contributed by atoms with Crippen molar-refractivity contribution in [3.8, 4) is 0 Å². The Hall–Kier alpha value is -1.48. The number of azo groups is 1. The van der Waals surface area contributed by atoms with Crippen LogP contribution in [0.5, 0.6) is 0 Å². The van der Waals surface area contributed by atoms with Crippen molar-refractivity contribution in [3.05, 3.63) is 36.7 Å². The molecule has 0 unspecified atom stereocenters. The highest BCUT2D eigenvalue weighted by atomic mass is 127. The van der Waals surface area contributed by atoms with Gasteiger partial charge >= 0.3 is 0 Å². The number of anilines is 1. The van der Waals surface area contributed by atoms with Crippen molar-refractivity contribution in [1.29, 1.82) is 0 Å². The van der Waals surface area contributed by atoms with Crippen LogP contribution in [-0.4, -0.2) is 64.0 Å². The molecule has 2 aliphatic heterocycles. The van der Waals surface area contributed by atoms with Gasteiger partial charge in [-0.3, -0.25) is 0 Å². The maximum absolute atomic E-state index is 4.44. The first-order valence-corrected chi connectivity index (χ1v) is 9.77. The summed E-state index contributed by atoms with van der Waals surface area (Å²) in [5.74, 6) is 0. The molecule has 2 heterocycles. The van der Waals surface area contributed by atoms with Crippen LogP contribution in [-0.2, 0) is 0 Å². The first kappa shape index (κ1) is 16.4. The third-order valence-corrected chi connectivity index (χ3v) is 6.45. The molecular weight excluding hydrogens is 403 g/mol. The quantitative estimate of drug-likeness (QED) is 0.423. The molecule has 0 bridgehead atoms. The predicted molar refractivity (Wildman–Crippen MR) is 104 cm³/mol. The lowest BCUT2D eigenvalue weighted by molar-refractivity contribution is 0.313. The maximum atomic E-state index is 4.44. The van der Waals surface area contributed by atoms with Crippen molar-refractivity contribution < 1.29 is 0 Å². The molecule has 3 rings (SSSR count). The van der Waals surface area contributed by atoms with E-state index < -0.39 is 0 Å². The normalized spacial score (nSPS) is 20.0. The van der Waals surface area contributed by atoms with E-state index in [9.17, 15) is 0 Å². The Morgan fingerprint density at radius 1 is 0.870 bits per heavy atom. The zero-order valence-electron chi connectivity index (χ0n) is 13.9. The first-order valence-electron chi connectivity index (χ1n) is 7.73. The second-order valence-corrected chi connectivity index (χ2v) is 8.76. The molecule has 0 amide bonds. The van der Waals surface area contributed by atoms with Gasteiger partial charge in [0.1, 0.15) is 0 Å². The fourth-order valence-electron chi connectivity index (χ4n) is 2.44. The van der Waals surface area contributed by atoms with Gasteiger partial charge in [-0.15, -0.1) is 10.2 Å². The van der Waals surface area contributed by atoms with Crippen molar-refractivity contribution >= 4 is 36.1 Å². The van der Waals surface area contributed by atoms with Crippen molar-refractivity contribution in [2.75, 3.05) is 52.2 Å². The van der Waals surface area contributed by atoms with Crippen molar-refractivity contribution in [2.24, 2.45) is 10.2 Å². The molecule has 1 aromatic carbocycles. The molecule has 1 aromatic rings. The molecule has 0 atom stereocenters. The van der Waals surface area contributed by atoms with Gasteiger partial charge in [-0.05, 0) is 31.3 Å². The van der Waals surface area contributed by atoms with E-state index in [0.717, 1.165) is 35.6 Å². The van der Waals surface area contributed by atoms with E-state index in [1.807, 2.05) is 13.2 Å². The van der Waals surface area contributed by atoms with E-state index >= 15 is 0 Å². The number of rotatable bonds is 3. The summed E-state index contributed by atoms with van der Waals surface area (Å²) in [6, 6.07) is 8.41. The first-order chi connectivity index (χ1) is 11.1. The number of likely N-dealkylation sites (N-methyl/N-ethyl adjacent to an activating group) is 1. The molecule has 7 heteroatoms. The van der Waals surface area contributed by atoms with Crippen LogP contribution >= 0.6 is 21.0 Å². The van der Waals surface area contributed by atoms with Crippen LogP contribution in [0.25, 0.3) is 0 Å². The molecular formula is C16H23IN6.